The predicted octanol–water partition coefficient (Wildman–Crippen LogP) is 4.32. The van der Waals surface area contributed by atoms with Gasteiger partial charge in [0, 0.05) is 29.7 Å². The van der Waals surface area contributed by atoms with Crippen LogP contribution in [0.2, 0.25) is 5.02 Å². The number of nitrogens with zero attached hydrogens (tertiary/aromatic N) is 1. The van der Waals surface area contributed by atoms with E-state index in [2.05, 4.69) is 6.58 Å². The quantitative estimate of drug-likeness (QED) is 0.687. The van der Waals surface area contributed by atoms with E-state index in [4.69, 9.17) is 21.1 Å². The van der Waals surface area contributed by atoms with Crippen LogP contribution in [-0.2, 0) is 6.54 Å². The molecule has 0 atom stereocenters. The smallest absolute Gasteiger partial charge is 0.254 e. The Labute approximate surface area is 151 Å². The molecule has 25 heavy (non-hydrogen) atoms. The standard InChI is InChI=1S/C19H19ClFNO3/c1-4-10-25-17-9-8-13(11-18(17)24-3)19(23)22(2)12-14-15(20)6-5-7-16(14)21/h4-9,11H,1,10,12H2,2-3H3. The summed E-state index contributed by atoms with van der Waals surface area (Å²) in [5.74, 6) is 0.217. The van der Waals surface area contributed by atoms with Crippen molar-refractivity contribution < 1.29 is 18.7 Å². The van der Waals surface area contributed by atoms with Crippen molar-refractivity contribution in [1.29, 1.82) is 0 Å². The fourth-order valence-electron chi connectivity index (χ4n) is 2.28. The molecule has 1 amide bonds. The summed E-state index contributed by atoms with van der Waals surface area (Å²) in [5.41, 5.74) is 0.677. The van der Waals surface area contributed by atoms with E-state index >= 15 is 0 Å². The lowest BCUT2D eigenvalue weighted by molar-refractivity contribution is 0.0783. The summed E-state index contributed by atoms with van der Waals surface area (Å²) in [6.07, 6.45) is 1.62. The molecule has 0 saturated heterocycles. The van der Waals surface area contributed by atoms with Crippen molar-refractivity contribution in [2.24, 2.45) is 0 Å². The molecule has 0 aliphatic heterocycles. The number of carbonyl (C=O) groups is 1. The summed E-state index contributed by atoms with van der Waals surface area (Å²) in [4.78, 5) is 14.0. The molecule has 0 spiro atoms. The number of hydrogen-bond acceptors (Lipinski definition) is 3. The molecule has 4 nitrogen and oxygen atoms in total. The fourth-order valence-corrected chi connectivity index (χ4v) is 2.50. The van der Waals surface area contributed by atoms with E-state index in [1.54, 1.807) is 37.4 Å². The second-order valence-corrected chi connectivity index (χ2v) is 5.73. The Kier molecular flexibility index (Phi) is 6.42. The van der Waals surface area contributed by atoms with Gasteiger partial charge in [-0.3, -0.25) is 4.79 Å². The highest BCUT2D eigenvalue weighted by Crippen LogP contribution is 2.29. The maximum absolute atomic E-state index is 13.9. The lowest BCUT2D eigenvalue weighted by Gasteiger charge is -2.19. The summed E-state index contributed by atoms with van der Waals surface area (Å²) in [6, 6.07) is 9.29. The molecule has 132 valence electrons. The molecule has 2 rings (SSSR count). The first-order valence-electron chi connectivity index (χ1n) is 7.58. The summed E-state index contributed by atoms with van der Waals surface area (Å²) < 4.78 is 24.6. The van der Waals surface area contributed by atoms with Gasteiger partial charge in [-0.2, -0.15) is 0 Å². The normalized spacial score (nSPS) is 10.2. The van der Waals surface area contributed by atoms with E-state index in [0.717, 1.165) is 0 Å². The molecular formula is C19H19ClFNO3. The third-order valence-electron chi connectivity index (χ3n) is 3.57. The first-order valence-corrected chi connectivity index (χ1v) is 7.95. The topological polar surface area (TPSA) is 38.8 Å². The van der Waals surface area contributed by atoms with Gasteiger partial charge in [-0.05, 0) is 30.3 Å². The zero-order valence-corrected chi connectivity index (χ0v) is 14.8. The summed E-state index contributed by atoms with van der Waals surface area (Å²) in [7, 11) is 3.08. The number of hydrogen-bond donors (Lipinski definition) is 0. The van der Waals surface area contributed by atoms with Gasteiger partial charge in [0.1, 0.15) is 12.4 Å². The summed E-state index contributed by atoms with van der Waals surface area (Å²) in [5, 5.41) is 0.283. The minimum atomic E-state index is -0.446. The van der Waals surface area contributed by atoms with Crippen LogP contribution in [0.15, 0.2) is 49.1 Å². The van der Waals surface area contributed by atoms with Crippen LogP contribution < -0.4 is 9.47 Å². The van der Waals surface area contributed by atoms with E-state index in [-0.39, 0.29) is 23.0 Å². The zero-order chi connectivity index (χ0) is 18.4. The average Bonchev–Trinajstić information content (AvgIpc) is 2.62. The average molecular weight is 364 g/mol. The second kappa shape index (κ2) is 8.53. The highest BCUT2D eigenvalue weighted by Gasteiger charge is 2.17. The van der Waals surface area contributed by atoms with Gasteiger partial charge < -0.3 is 14.4 Å². The first-order chi connectivity index (χ1) is 12.0. The van der Waals surface area contributed by atoms with Crippen LogP contribution in [0.4, 0.5) is 4.39 Å². The van der Waals surface area contributed by atoms with E-state index in [1.165, 1.54) is 24.1 Å². The van der Waals surface area contributed by atoms with Gasteiger partial charge in [0.25, 0.3) is 5.91 Å². The number of halogens is 2. The van der Waals surface area contributed by atoms with Crippen LogP contribution >= 0.6 is 11.6 Å². The van der Waals surface area contributed by atoms with Crippen LogP contribution in [0.5, 0.6) is 11.5 Å². The molecule has 0 aliphatic carbocycles. The maximum Gasteiger partial charge on any atom is 0.254 e. The minimum Gasteiger partial charge on any atom is -0.493 e. The van der Waals surface area contributed by atoms with E-state index < -0.39 is 5.82 Å². The van der Waals surface area contributed by atoms with Gasteiger partial charge in [-0.1, -0.05) is 30.3 Å². The van der Waals surface area contributed by atoms with Crippen LogP contribution in [0.3, 0.4) is 0 Å². The Morgan fingerprint density at radius 1 is 1.32 bits per heavy atom. The first kappa shape index (κ1) is 18.8. The molecule has 0 aromatic heterocycles. The molecular weight excluding hydrogens is 345 g/mol. The SMILES string of the molecule is C=CCOc1ccc(C(=O)N(C)Cc2c(F)cccc2Cl)cc1OC. The maximum atomic E-state index is 13.9. The number of carbonyl (C=O) groups excluding carboxylic acids is 1. The van der Waals surface area contributed by atoms with Crippen LogP contribution in [0, 0.1) is 5.82 Å². The molecule has 0 N–H and O–H groups in total. The van der Waals surface area contributed by atoms with Crippen molar-refractivity contribution in [1.82, 2.24) is 4.90 Å². The van der Waals surface area contributed by atoms with Gasteiger partial charge in [0.2, 0.25) is 0 Å². The Morgan fingerprint density at radius 3 is 2.72 bits per heavy atom. The molecule has 0 unspecified atom stereocenters. The number of ether oxygens (including phenoxy) is 2. The molecule has 0 aliphatic rings. The third kappa shape index (κ3) is 4.51. The van der Waals surface area contributed by atoms with E-state index in [9.17, 15) is 9.18 Å². The Balaban J connectivity index is 2.20. The van der Waals surface area contributed by atoms with Gasteiger partial charge in [-0.25, -0.2) is 4.39 Å². The predicted molar refractivity (Wildman–Crippen MR) is 95.9 cm³/mol. The van der Waals surface area contributed by atoms with Crippen LogP contribution in [-0.4, -0.2) is 31.6 Å². The minimum absolute atomic E-state index is 0.0569. The molecule has 0 bridgehead atoms. The van der Waals surface area contributed by atoms with Crippen molar-refractivity contribution in [2.75, 3.05) is 20.8 Å². The zero-order valence-electron chi connectivity index (χ0n) is 14.1. The fraction of sp³-hybridized carbons (Fsp3) is 0.211. The number of rotatable bonds is 7. The molecule has 2 aromatic carbocycles. The lowest BCUT2D eigenvalue weighted by atomic mass is 10.1. The molecule has 2 aromatic rings. The van der Waals surface area contributed by atoms with Crippen molar-refractivity contribution in [2.45, 2.75) is 6.54 Å². The molecule has 0 fully saturated rings. The second-order valence-electron chi connectivity index (χ2n) is 5.33. The molecule has 0 radical (unpaired) electrons. The highest BCUT2D eigenvalue weighted by molar-refractivity contribution is 6.31. The van der Waals surface area contributed by atoms with Gasteiger partial charge in [0.05, 0.1) is 7.11 Å². The molecule has 0 saturated carbocycles. The Morgan fingerprint density at radius 2 is 2.08 bits per heavy atom. The van der Waals surface area contributed by atoms with Gasteiger partial charge in [-0.15, -0.1) is 0 Å². The van der Waals surface area contributed by atoms with Crippen molar-refractivity contribution in [3.05, 3.63) is 71.0 Å². The van der Waals surface area contributed by atoms with Gasteiger partial charge >= 0.3 is 0 Å². The highest BCUT2D eigenvalue weighted by atomic mass is 35.5. The Bertz CT molecular complexity index is 759. The number of methoxy groups -OCH3 is 1. The molecule has 0 heterocycles. The van der Waals surface area contributed by atoms with Crippen LogP contribution in [0.25, 0.3) is 0 Å². The van der Waals surface area contributed by atoms with Crippen molar-refractivity contribution >= 4 is 17.5 Å². The Hall–Kier alpha value is -2.53. The van der Waals surface area contributed by atoms with E-state index in [0.29, 0.717) is 23.7 Å². The number of amides is 1. The van der Waals surface area contributed by atoms with Crippen molar-refractivity contribution in [3.8, 4) is 11.5 Å². The number of benzene rings is 2. The van der Waals surface area contributed by atoms with E-state index in [1.807, 2.05) is 0 Å². The summed E-state index contributed by atoms with van der Waals surface area (Å²) >= 11 is 6.02. The summed E-state index contributed by atoms with van der Waals surface area (Å²) in [6.45, 7) is 3.97. The van der Waals surface area contributed by atoms with Crippen molar-refractivity contribution in [3.63, 3.8) is 0 Å². The monoisotopic (exact) mass is 363 g/mol. The van der Waals surface area contributed by atoms with Gasteiger partial charge in [0.15, 0.2) is 11.5 Å². The van der Waals surface area contributed by atoms with Crippen LogP contribution in [0.1, 0.15) is 15.9 Å². The molecule has 6 heteroatoms. The largest absolute Gasteiger partial charge is 0.493 e. The third-order valence-corrected chi connectivity index (χ3v) is 3.93. The lowest BCUT2D eigenvalue weighted by Crippen LogP contribution is -2.26.